The van der Waals surface area contributed by atoms with Crippen LogP contribution in [0.15, 0.2) is 59.1 Å². The van der Waals surface area contributed by atoms with Crippen molar-refractivity contribution in [1.82, 2.24) is 9.88 Å². The van der Waals surface area contributed by atoms with Crippen molar-refractivity contribution in [2.75, 3.05) is 6.54 Å². The Kier molecular flexibility index (Phi) is 7.14. The fraction of sp³-hybridized carbons (Fsp3) is 0.238. The van der Waals surface area contributed by atoms with Gasteiger partial charge in [0.15, 0.2) is 11.7 Å². The summed E-state index contributed by atoms with van der Waals surface area (Å²) in [6.45, 7) is -2.08. The van der Waals surface area contributed by atoms with Gasteiger partial charge in [-0.15, -0.1) is 0 Å². The highest BCUT2D eigenvalue weighted by atomic mass is 35.5. The molecule has 0 atom stereocenters. The second-order valence-electron chi connectivity index (χ2n) is 6.85. The average Bonchev–Trinajstić information content (AvgIpc) is 3.20. The van der Waals surface area contributed by atoms with Crippen LogP contribution in [-0.4, -0.2) is 33.4 Å². The molecule has 2 aromatic carbocycles. The van der Waals surface area contributed by atoms with Crippen LogP contribution >= 0.6 is 11.6 Å². The highest BCUT2D eigenvalue weighted by Crippen LogP contribution is 2.28. The van der Waals surface area contributed by atoms with Crippen molar-refractivity contribution in [3.8, 4) is 11.3 Å². The molecule has 32 heavy (non-hydrogen) atoms. The predicted octanol–water partition coefficient (Wildman–Crippen LogP) is 5.43. The molecule has 1 amide bonds. The number of hydrogen-bond donors (Lipinski definition) is 0. The third-order valence-electron chi connectivity index (χ3n) is 4.52. The molecule has 0 saturated carbocycles. The van der Waals surface area contributed by atoms with E-state index in [4.69, 9.17) is 16.0 Å². The molecule has 1 heterocycles. The van der Waals surface area contributed by atoms with Crippen LogP contribution in [0.3, 0.4) is 0 Å². The molecular formula is C21H17ClF3N3O4. The van der Waals surface area contributed by atoms with Crippen LogP contribution in [0, 0.1) is 10.1 Å². The first-order valence-corrected chi connectivity index (χ1v) is 9.78. The quantitative estimate of drug-likeness (QED) is 0.325. The Morgan fingerprint density at radius 3 is 2.53 bits per heavy atom. The van der Waals surface area contributed by atoms with Crippen LogP contribution in [0.1, 0.15) is 17.9 Å². The SMILES string of the molecule is O=C(CCc1ncc(-c2ccccc2Cl)o1)N(Cc1ccccc1[N+](=O)[O-])CC(F)(F)F. The number of halogens is 4. The Morgan fingerprint density at radius 1 is 1.16 bits per heavy atom. The first-order valence-electron chi connectivity index (χ1n) is 9.40. The molecular weight excluding hydrogens is 451 g/mol. The van der Waals surface area contributed by atoms with Gasteiger partial charge in [-0.2, -0.15) is 13.2 Å². The fourth-order valence-corrected chi connectivity index (χ4v) is 3.29. The maximum absolute atomic E-state index is 13.0. The molecule has 3 aromatic rings. The summed E-state index contributed by atoms with van der Waals surface area (Å²) in [6, 6.07) is 12.2. The summed E-state index contributed by atoms with van der Waals surface area (Å²) in [4.78, 5) is 27.6. The summed E-state index contributed by atoms with van der Waals surface area (Å²) in [5.41, 5.74) is 0.242. The van der Waals surface area contributed by atoms with Gasteiger partial charge >= 0.3 is 6.18 Å². The third kappa shape index (κ3) is 6.07. The summed E-state index contributed by atoms with van der Waals surface area (Å²) in [7, 11) is 0. The van der Waals surface area contributed by atoms with Crippen molar-refractivity contribution >= 4 is 23.2 Å². The van der Waals surface area contributed by atoms with Crippen molar-refractivity contribution in [3.63, 3.8) is 0 Å². The van der Waals surface area contributed by atoms with Gasteiger partial charge in [0.05, 0.1) is 22.7 Å². The van der Waals surface area contributed by atoms with E-state index in [1.165, 1.54) is 30.5 Å². The number of carbonyl (C=O) groups excluding carboxylic acids is 1. The number of carbonyl (C=O) groups is 1. The molecule has 3 rings (SSSR count). The molecule has 11 heteroatoms. The molecule has 0 spiro atoms. The van der Waals surface area contributed by atoms with Crippen LogP contribution < -0.4 is 0 Å². The first-order chi connectivity index (χ1) is 15.1. The summed E-state index contributed by atoms with van der Waals surface area (Å²) in [5, 5.41) is 11.6. The zero-order valence-corrected chi connectivity index (χ0v) is 17.3. The number of benzene rings is 2. The minimum absolute atomic E-state index is 0.00669. The van der Waals surface area contributed by atoms with Crippen LogP contribution in [-0.2, 0) is 17.8 Å². The number of nitro benzene ring substituents is 1. The Balaban J connectivity index is 1.72. The molecule has 0 fully saturated rings. The normalized spacial score (nSPS) is 11.4. The maximum Gasteiger partial charge on any atom is 0.406 e. The van der Waals surface area contributed by atoms with E-state index in [1.807, 2.05) is 0 Å². The van der Waals surface area contributed by atoms with E-state index in [0.29, 0.717) is 21.2 Å². The van der Waals surface area contributed by atoms with Crippen molar-refractivity contribution in [2.24, 2.45) is 0 Å². The Labute approximate surface area is 185 Å². The van der Waals surface area contributed by atoms with Crippen molar-refractivity contribution < 1.29 is 27.3 Å². The van der Waals surface area contributed by atoms with Crippen LogP contribution in [0.25, 0.3) is 11.3 Å². The minimum atomic E-state index is -4.67. The van der Waals surface area contributed by atoms with E-state index in [2.05, 4.69) is 4.98 Å². The topological polar surface area (TPSA) is 89.5 Å². The highest BCUT2D eigenvalue weighted by Gasteiger charge is 2.34. The van der Waals surface area contributed by atoms with Gasteiger partial charge in [-0.1, -0.05) is 41.9 Å². The van der Waals surface area contributed by atoms with Crippen LogP contribution in [0.4, 0.5) is 18.9 Å². The largest absolute Gasteiger partial charge is 0.441 e. The molecule has 0 bridgehead atoms. The molecule has 168 valence electrons. The zero-order chi connectivity index (χ0) is 23.3. The van der Waals surface area contributed by atoms with E-state index in [9.17, 15) is 28.1 Å². The van der Waals surface area contributed by atoms with Gasteiger partial charge in [0.2, 0.25) is 5.91 Å². The number of amides is 1. The van der Waals surface area contributed by atoms with Gasteiger partial charge in [-0.25, -0.2) is 4.98 Å². The predicted molar refractivity (Wildman–Crippen MR) is 110 cm³/mol. The number of rotatable bonds is 8. The molecule has 0 aliphatic heterocycles. The molecule has 0 N–H and O–H groups in total. The number of nitro groups is 1. The lowest BCUT2D eigenvalue weighted by Gasteiger charge is -2.24. The second-order valence-corrected chi connectivity index (χ2v) is 7.26. The number of alkyl halides is 3. The van der Waals surface area contributed by atoms with E-state index in [0.717, 1.165) is 0 Å². The Hall–Kier alpha value is -3.40. The van der Waals surface area contributed by atoms with Gasteiger partial charge in [-0.3, -0.25) is 14.9 Å². The standard InChI is InChI=1S/C21H17ClF3N3O4/c22-16-7-3-2-6-15(16)18-11-26-19(32-18)9-10-20(29)27(13-21(23,24)25)12-14-5-1-4-8-17(14)28(30)31/h1-8,11H,9-10,12-13H2. The molecule has 7 nitrogen and oxygen atoms in total. The summed E-state index contributed by atoms with van der Waals surface area (Å²) in [5.74, 6) is -0.311. The van der Waals surface area contributed by atoms with Gasteiger partial charge in [0.1, 0.15) is 6.54 Å². The van der Waals surface area contributed by atoms with Gasteiger partial charge in [0, 0.05) is 30.0 Å². The summed E-state index contributed by atoms with van der Waals surface area (Å²) in [6.07, 6.45) is -3.62. The number of oxazole rings is 1. The van der Waals surface area contributed by atoms with Crippen molar-refractivity contribution in [2.45, 2.75) is 25.6 Å². The number of hydrogen-bond acceptors (Lipinski definition) is 5. The van der Waals surface area contributed by atoms with Crippen molar-refractivity contribution in [1.29, 1.82) is 0 Å². The van der Waals surface area contributed by atoms with Crippen molar-refractivity contribution in [3.05, 3.63) is 81.3 Å². The average molecular weight is 468 g/mol. The number of para-hydroxylation sites is 1. The lowest BCUT2D eigenvalue weighted by molar-refractivity contribution is -0.385. The van der Waals surface area contributed by atoms with Gasteiger partial charge in [-0.05, 0) is 12.1 Å². The first kappa shape index (κ1) is 23.3. The molecule has 0 aliphatic rings. The summed E-state index contributed by atoms with van der Waals surface area (Å²) < 4.78 is 44.7. The Morgan fingerprint density at radius 2 is 1.84 bits per heavy atom. The smallest absolute Gasteiger partial charge is 0.406 e. The van der Waals surface area contributed by atoms with Crippen LogP contribution in [0.2, 0.25) is 5.02 Å². The lowest BCUT2D eigenvalue weighted by atomic mass is 10.1. The number of nitrogens with zero attached hydrogens (tertiary/aromatic N) is 3. The second kappa shape index (κ2) is 9.82. The van der Waals surface area contributed by atoms with E-state index in [1.54, 1.807) is 24.3 Å². The van der Waals surface area contributed by atoms with E-state index < -0.39 is 30.1 Å². The molecule has 0 radical (unpaired) electrons. The molecule has 0 unspecified atom stereocenters. The maximum atomic E-state index is 13.0. The van der Waals surface area contributed by atoms with E-state index >= 15 is 0 Å². The number of aryl methyl sites for hydroxylation is 1. The molecule has 0 aliphatic carbocycles. The monoisotopic (exact) mass is 467 g/mol. The van der Waals surface area contributed by atoms with E-state index in [-0.39, 0.29) is 30.0 Å². The lowest BCUT2D eigenvalue weighted by Crippen LogP contribution is -2.38. The number of aromatic nitrogens is 1. The Bertz CT molecular complexity index is 1120. The highest BCUT2D eigenvalue weighted by molar-refractivity contribution is 6.33. The van der Waals surface area contributed by atoms with Crippen LogP contribution in [0.5, 0.6) is 0 Å². The zero-order valence-electron chi connectivity index (χ0n) is 16.5. The molecule has 0 saturated heterocycles. The van der Waals surface area contributed by atoms with Gasteiger partial charge in [0.25, 0.3) is 5.69 Å². The summed E-state index contributed by atoms with van der Waals surface area (Å²) >= 11 is 6.11. The third-order valence-corrected chi connectivity index (χ3v) is 4.85. The minimum Gasteiger partial charge on any atom is -0.441 e. The molecule has 1 aromatic heterocycles. The fourth-order valence-electron chi connectivity index (χ4n) is 3.06. The van der Waals surface area contributed by atoms with Gasteiger partial charge < -0.3 is 9.32 Å².